The topological polar surface area (TPSA) is 69.9 Å². The van der Waals surface area contributed by atoms with Crippen LogP contribution in [0.2, 0.25) is 0 Å². The van der Waals surface area contributed by atoms with E-state index in [0.29, 0.717) is 0 Å². The molecule has 4 nitrogen and oxygen atoms in total. The molecule has 3 N–H and O–H groups in total. The van der Waals surface area contributed by atoms with Crippen LogP contribution in [-0.2, 0) is 0 Å². The van der Waals surface area contributed by atoms with Gasteiger partial charge >= 0.3 is 0 Å². The molecule has 0 bridgehead atoms. The van der Waals surface area contributed by atoms with E-state index in [1.54, 1.807) is 54.2 Å². The second kappa shape index (κ2) is 8.27. The smallest absolute Gasteiger partial charge is 0.140 e. The van der Waals surface area contributed by atoms with Crippen molar-refractivity contribution in [1.29, 1.82) is 0 Å². The zero-order valence-electron chi connectivity index (χ0n) is 15.2. The van der Waals surface area contributed by atoms with Crippen molar-refractivity contribution < 1.29 is 20.1 Å². The molecule has 0 amide bonds. The van der Waals surface area contributed by atoms with E-state index in [4.69, 9.17) is 4.74 Å². The molecule has 3 aromatic carbocycles. The number of ether oxygens (including phenoxy) is 1. The van der Waals surface area contributed by atoms with Crippen LogP contribution in [0.5, 0.6) is 23.0 Å². The van der Waals surface area contributed by atoms with Gasteiger partial charge in [-0.1, -0.05) is 38.1 Å². The standard InChI is InChI=1S/C20H16O4S.C2H6/c21-14-5-1-12(2-6-14)19-20(13-3-7-15(22)8-4-13)25-18-11-16(23)9-10-17(18)24-19;1-2/h1-11,19-23H;1-2H3. The Balaban J connectivity index is 0.00000102. The van der Waals surface area contributed by atoms with Crippen LogP contribution in [0, 0.1) is 0 Å². The largest absolute Gasteiger partial charge is 0.508 e. The van der Waals surface area contributed by atoms with Gasteiger partial charge in [-0.3, -0.25) is 0 Å². The molecule has 140 valence electrons. The molecule has 0 aliphatic carbocycles. The third kappa shape index (κ3) is 4.14. The second-order valence-corrected chi connectivity index (χ2v) is 7.07. The van der Waals surface area contributed by atoms with E-state index in [1.807, 2.05) is 38.1 Å². The molecule has 4 rings (SSSR count). The number of benzene rings is 3. The van der Waals surface area contributed by atoms with E-state index in [1.165, 1.54) is 0 Å². The quantitative estimate of drug-likeness (QED) is 0.523. The highest BCUT2D eigenvalue weighted by Gasteiger charge is 2.33. The van der Waals surface area contributed by atoms with Crippen molar-refractivity contribution in [2.75, 3.05) is 0 Å². The van der Waals surface area contributed by atoms with E-state index in [9.17, 15) is 15.3 Å². The van der Waals surface area contributed by atoms with Gasteiger partial charge in [0.15, 0.2) is 0 Å². The minimum absolute atomic E-state index is 0.0561. The molecule has 0 radical (unpaired) electrons. The Bertz CT molecular complexity index is 891. The maximum absolute atomic E-state index is 9.77. The molecule has 5 heteroatoms. The summed E-state index contributed by atoms with van der Waals surface area (Å²) >= 11 is 1.61. The summed E-state index contributed by atoms with van der Waals surface area (Å²) in [6, 6.07) is 19.1. The van der Waals surface area contributed by atoms with Gasteiger partial charge in [0.05, 0.1) is 10.1 Å². The monoisotopic (exact) mass is 382 g/mol. The lowest BCUT2D eigenvalue weighted by Crippen LogP contribution is -2.19. The Labute approximate surface area is 163 Å². The average molecular weight is 382 g/mol. The molecule has 0 saturated heterocycles. The van der Waals surface area contributed by atoms with Gasteiger partial charge in [0, 0.05) is 0 Å². The lowest BCUT2D eigenvalue weighted by Gasteiger charge is -2.34. The van der Waals surface area contributed by atoms with E-state index in [0.717, 1.165) is 21.8 Å². The average Bonchev–Trinajstić information content (AvgIpc) is 2.70. The summed E-state index contributed by atoms with van der Waals surface area (Å²) in [5, 5.41) is 28.8. The molecular weight excluding hydrogens is 360 g/mol. The summed E-state index contributed by atoms with van der Waals surface area (Å²) < 4.78 is 6.23. The third-order valence-corrected chi connectivity index (χ3v) is 5.50. The number of phenols is 3. The molecule has 1 heterocycles. The molecule has 0 spiro atoms. The van der Waals surface area contributed by atoms with Gasteiger partial charge in [-0.15, -0.1) is 11.8 Å². The Hall–Kier alpha value is -2.79. The van der Waals surface area contributed by atoms with E-state index >= 15 is 0 Å². The number of rotatable bonds is 2. The molecular formula is C22H22O4S. The molecule has 1 aliphatic rings. The summed E-state index contributed by atoms with van der Waals surface area (Å²) in [5.74, 6) is 1.33. The van der Waals surface area contributed by atoms with Gasteiger partial charge in [0.2, 0.25) is 0 Å². The van der Waals surface area contributed by atoms with Crippen LogP contribution in [-0.4, -0.2) is 15.3 Å². The fourth-order valence-electron chi connectivity index (χ4n) is 2.90. The maximum atomic E-state index is 9.77. The van der Waals surface area contributed by atoms with Gasteiger partial charge in [0.1, 0.15) is 29.1 Å². The highest BCUT2D eigenvalue weighted by Crippen LogP contribution is 2.53. The van der Waals surface area contributed by atoms with Crippen molar-refractivity contribution in [2.24, 2.45) is 0 Å². The Kier molecular flexibility index (Phi) is 5.81. The molecule has 3 aromatic rings. The van der Waals surface area contributed by atoms with Crippen LogP contribution < -0.4 is 4.74 Å². The minimum Gasteiger partial charge on any atom is -0.508 e. The van der Waals surface area contributed by atoms with Gasteiger partial charge in [-0.25, -0.2) is 0 Å². The van der Waals surface area contributed by atoms with Crippen LogP contribution in [0.3, 0.4) is 0 Å². The Morgan fingerprint density at radius 3 is 1.81 bits per heavy atom. The first kappa shape index (κ1) is 19.0. The Morgan fingerprint density at radius 1 is 0.704 bits per heavy atom. The van der Waals surface area contributed by atoms with Gasteiger partial charge in [0.25, 0.3) is 0 Å². The molecule has 0 fully saturated rings. The molecule has 0 saturated carbocycles. The van der Waals surface area contributed by atoms with Crippen molar-refractivity contribution >= 4 is 11.8 Å². The number of fused-ring (bicyclic) bond motifs is 1. The zero-order valence-corrected chi connectivity index (χ0v) is 16.0. The van der Waals surface area contributed by atoms with Gasteiger partial charge < -0.3 is 20.1 Å². The van der Waals surface area contributed by atoms with E-state index in [2.05, 4.69) is 0 Å². The third-order valence-electron chi connectivity index (χ3n) is 4.15. The number of phenolic OH excluding ortho intramolecular Hbond substituents is 3. The SMILES string of the molecule is CC.Oc1ccc(C2Oc3ccc(O)cc3SC2c2ccc(O)cc2)cc1. The molecule has 2 unspecified atom stereocenters. The Morgan fingerprint density at radius 2 is 1.22 bits per heavy atom. The molecule has 27 heavy (non-hydrogen) atoms. The summed E-state index contributed by atoms with van der Waals surface area (Å²) in [5.41, 5.74) is 1.96. The fourth-order valence-corrected chi connectivity index (χ4v) is 4.22. The van der Waals surface area contributed by atoms with Crippen LogP contribution >= 0.6 is 11.8 Å². The number of hydrogen-bond donors (Lipinski definition) is 3. The predicted octanol–water partition coefficient (Wildman–Crippen LogP) is 5.80. The van der Waals surface area contributed by atoms with Crippen molar-refractivity contribution in [2.45, 2.75) is 30.1 Å². The number of hydrogen-bond acceptors (Lipinski definition) is 5. The summed E-state index contributed by atoms with van der Waals surface area (Å²) in [7, 11) is 0. The summed E-state index contributed by atoms with van der Waals surface area (Å²) in [6.07, 6.45) is -0.257. The van der Waals surface area contributed by atoms with Crippen molar-refractivity contribution in [3.05, 3.63) is 77.9 Å². The molecule has 0 aromatic heterocycles. The maximum Gasteiger partial charge on any atom is 0.140 e. The predicted molar refractivity (Wildman–Crippen MR) is 108 cm³/mol. The second-order valence-electron chi connectivity index (χ2n) is 5.89. The minimum atomic E-state index is -0.257. The molecule has 2 atom stereocenters. The van der Waals surface area contributed by atoms with Crippen LogP contribution in [0.25, 0.3) is 0 Å². The first-order valence-electron chi connectivity index (χ1n) is 8.84. The summed E-state index contributed by atoms with van der Waals surface area (Å²) in [6.45, 7) is 4.00. The van der Waals surface area contributed by atoms with Crippen LogP contribution in [0.1, 0.15) is 36.3 Å². The lowest BCUT2D eigenvalue weighted by molar-refractivity contribution is 0.190. The normalized spacial score (nSPS) is 17.9. The lowest BCUT2D eigenvalue weighted by atomic mass is 10.00. The fraction of sp³-hybridized carbons (Fsp3) is 0.182. The highest BCUT2D eigenvalue weighted by molar-refractivity contribution is 7.99. The zero-order chi connectivity index (χ0) is 19.4. The van der Waals surface area contributed by atoms with Crippen LogP contribution in [0.15, 0.2) is 71.6 Å². The van der Waals surface area contributed by atoms with Crippen molar-refractivity contribution in [3.8, 4) is 23.0 Å². The van der Waals surface area contributed by atoms with Crippen molar-refractivity contribution in [1.82, 2.24) is 0 Å². The number of aromatic hydroxyl groups is 3. The molecule has 1 aliphatic heterocycles. The number of thioether (sulfide) groups is 1. The van der Waals surface area contributed by atoms with Crippen molar-refractivity contribution in [3.63, 3.8) is 0 Å². The highest BCUT2D eigenvalue weighted by atomic mass is 32.2. The first-order valence-corrected chi connectivity index (χ1v) is 9.72. The van der Waals surface area contributed by atoms with E-state index in [-0.39, 0.29) is 28.6 Å². The summed E-state index contributed by atoms with van der Waals surface area (Å²) in [4.78, 5) is 0.869. The van der Waals surface area contributed by atoms with Crippen LogP contribution in [0.4, 0.5) is 0 Å². The first-order chi connectivity index (χ1) is 13.1. The van der Waals surface area contributed by atoms with E-state index < -0.39 is 0 Å². The van der Waals surface area contributed by atoms with Gasteiger partial charge in [-0.2, -0.15) is 0 Å². The van der Waals surface area contributed by atoms with Gasteiger partial charge in [-0.05, 0) is 53.6 Å².